The Bertz CT molecular complexity index is 666. The van der Waals surface area contributed by atoms with Crippen molar-refractivity contribution in [1.82, 2.24) is 5.32 Å². The van der Waals surface area contributed by atoms with Gasteiger partial charge in [-0.25, -0.2) is 9.59 Å². The number of nitrogens with one attached hydrogen (secondary N) is 2. The third-order valence-electron chi connectivity index (χ3n) is 3.16. The molecule has 0 aliphatic rings. The molecule has 1 amide bonds. The lowest BCUT2D eigenvalue weighted by atomic mass is 10.2. The van der Waals surface area contributed by atoms with Gasteiger partial charge in [-0.15, -0.1) is 0 Å². The van der Waals surface area contributed by atoms with E-state index in [4.69, 9.17) is 21.1 Å². The zero-order valence-corrected chi connectivity index (χ0v) is 15.8. The SMILES string of the molecule is CCCOC(=O)C(=CNc1cccc(C(=O)NC)c1Cl)C(=O)OCCC. The van der Waals surface area contributed by atoms with Gasteiger partial charge >= 0.3 is 11.9 Å². The topological polar surface area (TPSA) is 93.7 Å². The Balaban J connectivity index is 3.07. The standard InChI is InChI=1S/C18H23ClN2O5/c1-4-9-25-17(23)13(18(24)26-10-5-2)11-21-14-8-6-7-12(15(14)19)16(22)20-3/h6-8,11,21H,4-5,9-10H2,1-3H3,(H,20,22). The van der Waals surface area contributed by atoms with Gasteiger partial charge in [-0.2, -0.15) is 0 Å². The highest BCUT2D eigenvalue weighted by Gasteiger charge is 2.22. The zero-order chi connectivity index (χ0) is 19.5. The summed E-state index contributed by atoms with van der Waals surface area (Å²) in [5, 5.41) is 5.41. The van der Waals surface area contributed by atoms with Crippen molar-refractivity contribution < 1.29 is 23.9 Å². The van der Waals surface area contributed by atoms with Crippen LogP contribution in [0.25, 0.3) is 0 Å². The number of anilines is 1. The number of hydrogen-bond acceptors (Lipinski definition) is 6. The summed E-state index contributed by atoms with van der Waals surface area (Å²) in [7, 11) is 1.49. The maximum Gasteiger partial charge on any atom is 0.347 e. The Kier molecular flexibility index (Phi) is 9.22. The second-order valence-corrected chi connectivity index (χ2v) is 5.60. The van der Waals surface area contributed by atoms with Gasteiger partial charge in [0.05, 0.1) is 29.5 Å². The maximum absolute atomic E-state index is 12.1. The molecule has 0 saturated carbocycles. The van der Waals surface area contributed by atoms with Crippen LogP contribution < -0.4 is 10.6 Å². The molecule has 0 bridgehead atoms. The summed E-state index contributed by atoms with van der Waals surface area (Å²) in [4.78, 5) is 36.0. The molecule has 0 atom stereocenters. The Morgan fingerprint density at radius 1 is 1.08 bits per heavy atom. The van der Waals surface area contributed by atoms with Crippen molar-refractivity contribution in [2.24, 2.45) is 0 Å². The van der Waals surface area contributed by atoms with Crippen LogP contribution in [0.3, 0.4) is 0 Å². The van der Waals surface area contributed by atoms with Crippen LogP contribution in [0.4, 0.5) is 5.69 Å². The van der Waals surface area contributed by atoms with Crippen LogP contribution in [-0.4, -0.2) is 38.1 Å². The Morgan fingerprint density at radius 2 is 1.65 bits per heavy atom. The number of rotatable bonds is 9. The fraction of sp³-hybridized carbons (Fsp3) is 0.389. The number of ether oxygens (including phenoxy) is 2. The highest BCUT2D eigenvalue weighted by Crippen LogP contribution is 2.26. The first-order valence-electron chi connectivity index (χ1n) is 8.27. The quantitative estimate of drug-likeness (QED) is 0.295. The third kappa shape index (κ3) is 6.07. The van der Waals surface area contributed by atoms with Crippen LogP contribution in [0.2, 0.25) is 5.02 Å². The van der Waals surface area contributed by atoms with Crippen molar-refractivity contribution in [3.05, 3.63) is 40.6 Å². The molecule has 8 heteroatoms. The summed E-state index contributed by atoms with van der Waals surface area (Å²) >= 11 is 6.21. The predicted molar refractivity (Wildman–Crippen MR) is 99.0 cm³/mol. The molecule has 0 aliphatic carbocycles. The number of carbonyl (C=O) groups is 3. The summed E-state index contributed by atoms with van der Waals surface area (Å²) < 4.78 is 10.0. The van der Waals surface area contributed by atoms with Gasteiger partial charge < -0.3 is 20.1 Å². The van der Waals surface area contributed by atoms with Gasteiger partial charge in [0.1, 0.15) is 0 Å². The minimum absolute atomic E-state index is 0.159. The number of esters is 2. The van der Waals surface area contributed by atoms with Crippen LogP contribution in [0.1, 0.15) is 37.0 Å². The van der Waals surface area contributed by atoms with Crippen LogP contribution in [0.15, 0.2) is 30.0 Å². The fourth-order valence-electron chi connectivity index (χ4n) is 1.85. The van der Waals surface area contributed by atoms with Crippen molar-refractivity contribution in [2.75, 3.05) is 25.6 Å². The van der Waals surface area contributed by atoms with Gasteiger partial charge in [0.2, 0.25) is 0 Å². The number of amides is 1. The second-order valence-electron chi connectivity index (χ2n) is 5.22. The van der Waals surface area contributed by atoms with E-state index >= 15 is 0 Å². The van der Waals surface area contributed by atoms with Gasteiger partial charge in [-0.3, -0.25) is 4.79 Å². The molecule has 142 valence electrons. The first-order valence-corrected chi connectivity index (χ1v) is 8.65. The smallest absolute Gasteiger partial charge is 0.347 e. The van der Waals surface area contributed by atoms with E-state index in [2.05, 4.69) is 10.6 Å². The lowest BCUT2D eigenvalue weighted by Crippen LogP contribution is -2.20. The molecule has 0 spiro atoms. The Labute approximate surface area is 157 Å². The summed E-state index contributed by atoms with van der Waals surface area (Å²) in [5.74, 6) is -1.94. The molecule has 26 heavy (non-hydrogen) atoms. The van der Waals surface area contributed by atoms with Crippen molar-refractivity contribution >= 4 is 35.1 Å². The van der Waals surface area contributed by atoms with Crippen molar-refractivity contribution in [2.45, 2.75) is 26.7 Å². The van der Waals surface area contributed by atoms with Crippen LogP contribution in [0.5, 0.6) is 0 Å². The lowest BCUT2D eigenvalue weighted by molar-refractivity contribution is -0.147. The largest absolute Gasteiger partial charge is 0.462 e. The average molecular weight is 383 g/mol. The molecule has 1 aromatic carbocycles. The number of hydrogen-bond donors (Lipinski definition) is 2. The lowest BCUT2D eigenvalue weighted by Gasteiger charge is -2.11. The predicted octanol–water partition coefficient (Wildman–Crippen LogP) is 2.90. The Hall–Kier alpha value is -2.54. The molecule has 1 aromatic rings. The summed E-state index contributed by atoms with van der Waals surface area (Å²) in [6, 6.07) is 4.79. The molecule has 0 aromatic heterocycles. The summed E-state index contributed by atoms with van der Waals surface area (Å²) in [6.45, 7) is 4.05. The third-order valence-corrected chi connectivity index (χ3v) is 3.56. The number of benzene rings is 1. The molecule has 0 fully saturated rings. The minimum atomic E-state index is -0.793. The molecular formula is C18H23ClN2O5. The molecule has 1 rings (SSSR count). The van der Waals surface area contributed by atoms with Gasteiger partial charge in [-0.05, 0) is 25.0 Å². The van der Waals surface area contributed by atoms with Crippen molar-refractivity contribution in [1.29, 1.82) is 0 Å². The van der Waals surface area contributed by atoms with Gasteiger partial charge in [0, 0.05) is 13.2 Å². The first kappa shape index (κ1) is 21.5. The summed E-state index contributed by atoms with van der Waals surface area (Å²) in [5.41, 5.74) is 0.335. The van der Waals surface area contributed by atoms with E-state index in [1.165, 1.54) is 13.2 Å². The highest BCUT2D eigenvalue weighted by molar-refractivity contribution is 6.36. The van der Waals surface area contributed by atoms with Crippen molar-refractivity contribution in [3.63, 3.8) is 0 Å². The highest BCUT2D eigenvalue weighted by atomic mass is 35.5. The van der Waals surface area contributed by atoms with E-state index in [9.17, 15) is 14.4 Å². The van der Waals surface area contributed by atoms with Gasteiger partial charge in [0.15, 0.2) is 5.57 Å². The normalized spacial score (nSPS) is 9.85. The molecule has 0 heterocycles. The zero-order valence-electron chi connectivity index (χ0n) is 15.1. The van der Waals surface area contributed by atoms with Crippen LogP contribution in [0, 0.1) is 0 Å². The van der Waals surface area contributed by atoms with E-state index in [0.717, 1.165) is 0 Å². The van der Waals surface area contributed by atoms with E-state index in [-0.39, 0.29) is 35.3 Å². The fourth-order valence-corrected chi connectivity index (χ4v) is 2.12. The monoisotopic (exact) mass is 382 g/mol. The maximum atomic E-state index is 12.1. The molecule has 7 nitrogen and oxygen atoms in total. The van der Waals surface area contributed by atoms with Crippen molar-refractivity contribution in [3.8, 4) is 0 Å². The second kappa shape index (κ2) is 11.1. The van der Waals surface area contributed by atoms with Gasteiger partial charge in [0.25, 0.3) is 5.91 Å². The number of halogens is 1. The van der Waals surface area contributed by atoms with E-state index in [1.54, 1.807) is 18.2 Å². The Morgan fingerprint density at radius 3 is 2.15 bits per heavy atom. The molecule has 0 saturated heterocycles. The van der Waals surface area contributed by atoms with E-state index in [1.807, 2.05) is 13.8 Å². The van der Waals surface area contributed by atoms with E-state index < -0.39 is 11.9 Å². The van der Waals surface area contributed by atoms with E-state index in [0.29, 0.717) is 18.5 Å². The molecular weight excluding hydrogens is 360 g/mol. The first-order chi connectivity index (χ1) is 12.5. The summed E-state index contributed by atoms with van der Waals surface area (Å²) in [6.07, 6.45) is 2.41. The van der Waals surface area contributed by atoms with Crippen LogP contribution >= 0.6 is 11.6 Å². The van der Waals surface area contributed by atoms with Gasteiger partial charge in [-0.1, -0.05) is 31.5 Å². The molecule has 0 aliphatic heterocycles. The molecule has 0 radical (unpaired) electrons. The minimum Gasteiger partial charge on any atom is -0.462 e. The molecule has 2 N–H and O–H groups in total. The average Bonchev–Trinajstić information content (AvgIpc) is 2.65. The molecule has 0 unspecified atom stereocenters. The number of carbonyl (C=O) groups excluding carboxylic acids is 3. The van der Waals surface area contributed by atoms with Crippen LogP contribution in [-0.2, 0) is 19.1 Å².